The van der Waals surface area contributed by atoms with Crippen molar-refractivity contribution in [2.45, 2.75) is 5.41 Å². The third-order valence-electron chi connectivity index (χ3n) is 10.6. The van der Waals surface area contributed by atoms with Crippen LogP contribution >= 0.6 is 11.3 Å². The molecular formula is C46H27N3S. The summed E-state index contributed by atoms with van der Waals surface area (Å²) >= 11 is 1.80. The Labute approximate surface area is 293 Å². The van der Waals surface area contributed by atoms with Gasteiger partial charge in [0.2, 0.25) is 0 Å². The second-order valence-electron chi connectivity index (χ2n) is 13.1. The standard InChI is InChI=1S/C46H27N3S/c1-2-14-28(15-3-1)43-47-44(49-45(48-43)35-22-12-20-32-31-18-7-11-27-40(31)50-42(32)35)34-21-13-26-39-41(34)33-19-6-10-25-38(33)46(39)36-23-8-4-16-29(36)30-17-5-9-24-37(30)46/h1-27H. The molecule has 0 amide bonds. The molecule has 2 heterocycles. The monoisotopic (exact) mass is 653 g/mol. The van der Waals surface area contributed by atoms with E-state index in [2.05, 4.69) is 146 Å². The molecule has 0 unspecified atom stereocenters. The van der Waals surface area contributed by atoms with E-state index < -0.39 is 5.41 Å². The average Bonchev–Trinajstić information content (AvgIpc) is 3.82. The Balaban J connectivity index is 1.22. The zero-order valence-corrected chi connectivity index (χ0v) is 27.7. The highest BCUT2D eigenvalue weighted by Gasteiger charge is 2.52. The molecule has 1 spiro atoms. The van der Waals surface area contributed by atoms with Crippen LogP contribution in [0.5, 0.6) is 0 Å². The molecule has 3 nitrogen and oxygen atoms in total. The Kier molecular flexibility index (Phi) is 5.75. The highest BCUT2D eigenvalue weighted by atomic mass is 32.1. The summed E-state index contributed by atoms with van der Waals surface area (Å²) in [6, 6.07) is 58.8. The van der Waals surface area contributed by atoms with Crippen LogP contribution in [0.25, 0.3) is 76.6 Å². The van der Waals surface area contributed by atoms with E-state index in [1.807, 2.05) is 18.2 Å². The van der Waals surface area contributed by atoms with Gasteiger partial charge in [-0.25, -0.2) is 15.0 Å². The van der Waals surface area contributed by atoms with E-state index in [9.17, 15) is 0 Å². The van der Waals surface area contributed by atoms with E-state index in [0.29, 0.717) is 17.5 Å². The van der Waals surface area contributed by atoms with Crippen LogP contribution in [-0.2, 0) is 5.41 Å². The molecule has 0 radical (unpaired) electrons. The normalized spacial score (nSPS) is 13.4. The minimum Gasteiger partial charge on any atom is -0.208 e. The van der Waals surface area contributed by atoms with Crippen LogP contribution in [0.1, 0.15) is 22.3 Å². The van der Waals surface area contributed by atoms with E-state index in [-0.39, 0.29) is 0 Å². The fourth-order valence-electron chi connectivity index (χ4n) is 8.59. The summed E-state index contributed by atoms with van der Waals surface area (Å²) in [4.78, 5) is 15.8. The minimum atomic E-state index is -0.435. The molecule has 11 rings (SSSR count). The first-order chi connectivity index (χ1) is 24.8. The van der Waals surface area contributed by atoms with Gasteiger partial charge in [-0.05, 0) is 56.6 Å². The highest BCUT2D eigenvalue weighted by molar-refractivity contribution is 7.26. The molecule has 0 atom stereocenters. The van der Waals surface area contributed by atoms with Crippen molar-refractivity contribution in [2.75, 3.05) is 0 Å². The Hall–Kier alpha value is -6.23. The first kappa shape index (κ1) is 27.7. The molecule has 9 aromatic rings. The molecule has 0 saturated carbocycles. The summed E-state index contributed by atoms with van der Waals surface area (Å²) in [7, 11) is 0. The van der Waals surface area contributed by atoms with Gasteiger partial charge in [-0.3, -0.25) is 0 Å². The number of aromatic nitrogens is 3. The molecule has 0 fully saturated rings. The van der Waals surface area contributed by atoms with Crippen molar-refractivity contribution in [3.8, 4) is 56.4 Å². The fourth-order valence-corrected chi connectivity index (χ4v) is 9.80. The topological polar surface area (TPSA) is 38.7 Å². The largest absolute Gasteiger partial charge is 0.208 e. The maximum Gasteiger partial charge on any atom is 0.165 e. The van der Waals surface area contributed by atoms with Gasteiger partial charge in [0.25, 0.3) is 0 Å². The predicted octanol–water partition coefficient (Wildman–Crippen LogP) is 11.6. The van der Waals surface area contributed by atoms with Crippen molar-refractivity contribution in [2.24, 2.45) is 0 Å². The molecule has 50 heavy (non-hydrogen) atoms. The molecule has 7 aromatic carbocycles. The Morgan fingerprint density at radius 2 is 0.860 bits per heavy atom. The molecule has 232 valence electrons. The number of rotatable bonds is 3. The van der Waals surface area contributed by atoms with E-state index >= 15 is 0 Å². The quantitative estimate of drug-likeness (QED) is 0.190. The molecular weight excluding hydrogens is 627 g/mol. The molecule has 0 bridgehead atoms. The van der Waals surface area contributed by atoms with Crippen molar-refractivity contribution in [3.05, 3.63) is 186 Å². The lowest BCUT2D eigenvalue weighted by atomic mass is 9.70. The predicted molar refractivity (Wildman–Crippen MR) is 205 cm³/mol. The van der Waals surface area contributed by atoms with Crippen molar-refractivity contribution < 1.29 is 0 Å². The molecule has 0 saturated heterocycles. The van der Waals surface area contributed by atoms with Crippen LogP contribution in [0, 0.1) is 0 Å². The lowest BCUT2D eigenvalue weighted by Gasteiger charge is -2.30. The number of benzene rings is 7. The Morgan fingerprint density at radius 1 is 0.360 bits per heavy atom. The molecule has 2 aliphatic rings. The second-order valence-corrected chi connectivity index (χ2v) is 14.1. The van der Waals surface area contributed by atoms with Crippen LogP contribution in [0.15, 0.2) is 164 Å². The summed E-state index contributed by atoms with van der Waals surface area (Å²) < 4.78 is 2.44. The van der Waals surface area contributed by atoms with Gasteiger partial charge < -0.3 is 0 Å². The molecule has 4 heteroatoms. The van der Waals surface area contributed by atoms with Gasteiger partial charge in [0.15, 0.2) is 17.5 Å². The second kappa shape index (κ2) is 10.4. The SMILES string of the molecule is c1ccc(-c2nc(-c3cccc4c3-c3ccccc3C43c4ccccc4-c4ccccc43)nc(-c3cccc4c3sc3ccccc34)n2)cc1. The first-order valence-corrected chi connectivity index (χ1v) is 17.8. The van der Waals surface area contributed by atoms with Crippen LogP contribution < -0.4 is 0 Å². The maximum atomic E-state index is 5.36. The van der Waals surface area contributed by atoms with E-state index in [1.54, 1.807) is 11.3 Å². The number of hydrogen-bond acceptors (Lipinski definition) is 4. The Bertz CT molecular complexity index is 2790. The van der Waals surface area contributed by atoms with Crippen molar-refractivity contribution in [3.63, 3.8) is 0 Å². The number of thiophene rings is 1. The summed E-state index contributed by atoms with van der Waals surface area (Å²) in [5.41, 5.74) is 12.8. The highest BCUT2D eigenvalue weighted by Crippen LogP contribution is 2.63. The van der Waals surface area contributed by atoms with Crippen LogP contribution in [0.3, 0.4) is 0 Å². The lowest BCUT2D eigenvalue weighted by Crippen LogP contribution is -2.25. The van der Waals surface area contributed by atoms with Crippen LogP contribution in [-0.4, -0.2) is 15.0 Å². The third-order valence-corrected chi connectivity index (χ3v) is 11.8. The zero-order valence-electron chi connectivity index (χ0n) is 26.8. The summed E-state index contributed by atoms with van der Waals surface area (Å²) in [6.07, 6.45) is 0. The number of fused-ring (bicyclic) bond motifs is 13. The minimum absolute atomic E-state index is 0.435. The van der Waals surface area contributed by atoms with Gasteiger partial charge in [0, 0.05) is 36.9 Å². The van der Waals surface area contributed by atoms with Gasteiger partial charge in [-0.2, -0.15) is 0 Å². The van der Waals surface area contributed by atoms with E-state index in [4.69, 9.17) is 15.0 Å². The van der Waals surface area contributed by atoms with Gasteiger partial charge in [0.1, 0.15) is 0 Å². The van der Waals surface area contributed by atoms with Crippen LogP contribution in [0.4, 0.5) is 0 Å². The first-order valence-electron chi connectivity index (χ1n) is 17.0. The van der Waals surface area contributed by atoms with Gasteiger partial charge >= 0.3 is 0 Å². The molecule has 0 N–H and O–H groups in total. The summed E-state index contributed by atoms with van der Waals surface area (Å²) in [5.74, 6) is 2.02. The smallest absolute Gasteiger partial charge is 0.165 e. The Morgan fingerprint density at radius 3 is 1.62 bits per heavy atom. The maximum absolute atomic E-state index is 5.36. The van der Waals surface area contributed by atoms with E-state index in [1.165, 1.54) is 64.7 Å². The molecule has 2 aromatic heterocycles. The zero-order chi connectivity index (χ0) is 32.8. The summed E-state index contributed by atoms with van der Waals surface area (Å²) in [6.45, 7) is 0. The van der Waals surface area contributed by atoms with Crippen molar-refractivity contribution in [1.82, 2.24) is 15.0 Å². The number of nitrogens with zero attached hydrogens (tertiary/aromatic N) is 3. The fraction of sp³-hybridized carbons (Fsp3) is 0.0217. The van der Waals surface area contributed by atoms with Gasteiger partial charge in [-0.1, -0.05) is 152 Å². The van der Waals surface area contributed by atoms with Gasteiger partial charge in [-0.15, -0.1) is 11.3 Å². The van der Waals surface area contributed by atoms with Crippen LogP contribution in [0.2, 0.25) is 0 Å². The van der Waals surface area contributed by atoms with Gasteiger partial charge in [0.05, 0.1) is 5.41 Å². The average molecular weight is 654 g/mol. The molecule has 2 aliphatic carbocycles. The van der Waals surface area contributed by atoms with Crippen molar-refractivity contribution >= 4 is 31.5 Å². The summed E-state index contributed by atoms with van der Waals surface area (Å²) in [5, 5.41) is 2.48. The van der Waals surface area contributed by atoms with Crippen molar-refractivity contribution in [1.29, 1.82) is 0 Å². The lowest BCUT2D eigenvalue weighted by molar-refractivity contribution is 0.794. The third kappa shape index (κ3) is 3.66. The number of hydrogen-bond donors (Lipinski definition) is 0. The van der Waals surface area contributed by atoms with E-state index in [0.717, 1.165) is 16.7 Å². The molecule has 0 aliphatic heterocycles.